The lowest BCUT2D eigenvalue weighted by Gasteiger charge is -2.08. The van der Waals surface area contributed by atoms with Gasteiger partial charge in [-0.25, -0.2) is 9.37 Å². The Morgan fingerprint density at radius 1 is 1.21 bits per heavy atom. The van der Waals surface area contributed by atoms with Crippen molar-refractivity contribution in [2.24, 2.45) is 5.18 Å². The Hall–Kier alpha value is -3.17. The van der Waals surface area contributed by atoms with Crippen LogP contribution in [-0.4, -0.2) is 40.1 Å². The number of aromatic nitrogens is 3. The van der Waals surface area contributed by atoms with Gasteiger partial charge in [0.15, 0.2) is 11.6 Å². The molecule has 0 aliphatic rings. The van der Waals surface area contributed by atoms with Crippen LogP contribution in [0.15, 0.2) is 54.2 Å². The highest BCUT2D eigenvalue weighted by Crippen LogP contribution is 2.39. The summed E-state index contributed by atoms with van der Waals surface area (Å²) in [6.07, 6.45) is 5.43. The van der Waals surface area contributed by atoms with Crippen LogP contribution < -0.4 is 4.74 Å². The number of benzene rings is 1. The highest BCUT2D eigenvalue weighted by molar-refractivity contribution is 7.22. The summed E-state index contributed by atoms with van der Waals surface area (Å²) in [5.41, 5.74) is 1.61. The highest BCUT2D eigenvalue weighted by Gasteiger charge is 2.14. The maximum atomic E-state index is 14.2. The van der Waals surface area contributed by atoms with E-state index in [-0.39, 0.29) is 11.4 Å². The zero-order valence-corrected chi connectivity index (χ0v) is 16.7. The summed E-state index contributed by atoms with van der Waals surface area (Å²) in [5, 5.41) is 2.73. The van der Waals surface area contributed by atoms with Crippen molar-refractivity contribution in [3.63, 3.8) is 0 Å². The first kappa shape index (κ1) is 19.2. The number of hydrogen-bond acceptors (Lipinski definition) is 7. The molecule has 3 aromatic heterocycles. The Morgan fingerprint density at radius 2 is 2.07 bits per heavy atom. The Balaban J connectivity index is 1.63. The third-order valence-corrected chi connectivity index (χ3v) is 5.47. The van der Waals surface area contributed by atoms with Gasteiger partial charge in [-0.3, -0.25) is 4.98 Å². The summed E-state index contributed by atoms with van der Waals surface area (Å²) in [4.78, 5) is 22.5. The van der Waals surface area contributed by atoms with Gasteiger partial charge in [-0.2, -0.15) is 0 Å². The average molecular weight is 411 g/mol. The minimum atomic E-state index is -0.650. The minimum absolute atomic E-state index is 0.0120. The molecule has 0 radical (unpaired) electrons. The molecule has 0 spiro atoms. The van der Waals surface area contributed by atoms with E-state index in [2.05, 4.69) is 20.0 Å². The standard InChI is InChI=1S/C20H18FN5O2S/c1-25(2)7-8-26-11-16(23-12-26)19-10-15-20(29-19)18(5-6-22-15)28-17-4-3-13(24-27)9-14(17)21/h3-6,9-12H,7-8H2,1-2H3. The van der Waals surface area contributed by atoms with Crippen molar-refractivity contribution in [1.29, 1.82) is 0 Å². The number of imidazole rings is 1. The second-order valence-corrected chi connectivity index (χ2v) is 7.79. The Bertz CT molecular complexity index is 1170. The molecule has 0 atom stereocenters. The summed E-state index contributed by atoms with van der Waals surface area (Å²) in [6, 6.07) is 7.47. The first-order chi connectivity index (χ1) is 14.0. The molecule has 148 valence electrons. The Labute approximate surface area is 170 Å². The summed E-state index contributed by atoms with van der Waals surface area (Å²) in [6.45, 7) is 1.77. The van der Waals surface area contributed by atoms with E-state index >= 15 is 0 Å². The van der Waals surface area contributed by atoms with Crippen molar-refractivity contribution < 1.29 is 9.13 Å². The lowest BCUT2D eigenvalue weighted by molar-refractivity contribution is 0.384. The van der Waals surface area contributed by atoms with E-state index in [1.165, 1.54) is 23.5 Å². The van der Waals surface area contributed by atoms with E-state index in [1.807, 2.05) is 37.3 Å². The van der Waals surface area contributed by atoms with Gasteiger partial charge in [-0.15, -0.1) is 16.2 Å². The van der Waals surface area contributed by atoms with Crippen molar-refractivity contribution in [1.82, 2.24) is 19.4 Å². The molecule has 0 N–H and O–H groups in total. The average Bonchev–Trinajstić information content (AvgIpc) is 3.35. The van der Waals surface area contributed by atoms with Crippen molar-refractivity contribution in [2.45, 2.75) is 6.54 Å². The van der Waals surface area contributed by atoms with Crippen LogP contribution in [0, 0.1) is 10.7 Å². The molecule has 4 aromatic rings. The van der Waals surface area contributed by atoms with Crippen LogP contribution in [0.3, 0.4) is 0 Å². The molecule has 0 aliphatic heterocycles. The number of fused-ring (bicyclic) bond motifs is 1. The zero-order valence-electron chi connectivity index (χ0n) is 15.9. The van der Waals surface area contributed by atoms with Crippen molar-refractivity contribution in [3.8, 4) is 22.1 Å². The molecule has 7 nitrogen and oxygen atoms in total. The number of pyridine rings is 1. The molecule has 4 rings (SSSR count). The lowest BCUT2D eigenvalue weighted by atomic mass is 10.3. The van der Waals surface area contributed by atoms with Gasteiger partial charge >= 0.3 is 0 Å². The number of rotatable bonds is 7. The Kier molecular flexibility index (Phi) is 5.32. The fourth-order valence-corrected chi connectivity index (χ4v) is 3.82. The van der Waals surface area contributed by atoms with E-state index in [4.69, 9.17) is 4.74 Å². The van der Waals surface area contributed by atoms with Gasteiger partial charge in [0.05, 0.1) is 27.1 Å². The molecule has 0 saturated heterocycles. The maximum Gasteiger partial charge on any atom is 0.167 e. The molecule has 0 bridgehead atoms. The first-order valence-electron chi connectivity index (χ1n) is 8.89. The van der Waals surface area contributed by atoms with Gasteiger partial charge in [0.1, 0.15) is 11.4 Å². The molecule has 0 saturated carbocycles. The molecule has 9 heteroatoms. The van der Waals surface area contributed by atoms with Crippen LogP contribution in [0.25, 0.3) is 20.8 Å². The first-order valence-corrected chi connectivity index (χ1v) is 9.71. The number of hydrogen-bond donors (Lipinski definition) is 0. The largest absolute Gasteiger partial charge is 0.453 e. The van der Waals surface area contributed by atoms with E-state index in [0.717, 1.165) is 39.9 Å². The van der Waals surface area contributed by atoms with Crippen LogP contribution in [0.4, 0.5) is 10.1 Å². The van der Waals surface area contributed by atoms with E-state index in [1.54, 1.807) is 12.3 Å². The smallest absolute Gasteiger partial charge is 0.167 e. The van der Waals surface area contributed by atoms with Crippen LogP contribution in [0.5, 0.6) is 11.5 Å². The molecule has 1 aromatic carbocycles. The van der Waals surface area contributed by atoms with Crippen molar-refractivity contribution in [3.05, 3.63) is 59.8 Å². The molecule has 0 aliphatic carbocycles. The minimum Gasteiger partial charge on any atom is -0.453 e. The van der Waals surface area contributed by atoms with Crippen molar-refractivity contribution in [2.75, 3.05) is 20.6 Å². The van der Waals surface area contributed by atoms with Gasteiger partial charge < -0.3 is 14.2 Å². The van der Waals surface area contributed by atoms with Gasteiger partial charge in [0.2, 0.25) is 0 Å². The quantitative estimate of drug-likeness (QED) is 0.398. The summed E-state index contributed by atoms with van der Waals surface area (Å²) >= 11 is 1.48. The highest BCUT2D eigenvalue weighted by atomic mass is 32.1. The summed E-state index contributed by atoms with van der Waals surface area (Å²) in [5.74, 6) is -0.139. The molecular formula is C20H18FN5O2S. The zero-order chi connectivity index (χ0) is 20.4. The van der Waals surface area contributed by atoms with Gasteiger partial charge in [0.25, 0.3) is 0 Å². The number of likely N-dealkylation sites (N-methyl/N-ethyl adjacent to an activating group) is 1. The van der Waals surface area contributed by atoms with Crippen LogP contribution in [0.2, 0.25) is 0 Å². The van der Waals surface area contributed by atoms with Crippen molar-refractivity contribution >= 4 is 27.2 Å². The van der Waals surface area contributed by atoms with E-state index < -0.39 is 5.82 Å². The predicted molar refractivity (Wildman–Crippen MR) is 111 cm³/mol. The topological polar surface area (TPSA) is 72.6 Å². The van der Waals surface area contributed by atoms with Crippen LogP contribution in [-0.2, 0) is 6.54 Å². The second-order valence-electron chi connectivity index (χ2n) is 6.74. The molecule has 0 unspecified atom stereocenters. The predicted octanol–water partition coefficient (Wildman–Crippen LogP) is 5.05. The van der Waals surface area contributed by atoms with Crippen LogP contribution >= 0.6 is 11.3 Å². The van der Waals surface area contributed by atoms with E-state index in [0.29, 0.717) is 5.75 Å². The lowest BCUT2D eigenvalue weighted by Crippen LogP contribution is -2.17. The van der Waals surface area contributed by atoms with E-state index in [9.17, 15) is 9.30 Å². The van der Waals surface area contributed by atoms with Gasteiger partial charge in [0, 0.05) is 37.6 Å². The fourth-order valence-electron chi connectivity index (χ4n) is 2.79. The molecule has 3 heterocycles. The second kappa shape index (κ2) is 8.06. The van der Waals surface area contributed by atoms with Crippen LogP contribution in [0.1, 0.15) is 0 Å². The molecule has 0 amide bonds. The third-order valence-electron chi connectivity index (χ3n) is 4.31. The Morgan fingerprint density at radius 3 is 2.83 bits per heavy atom. The summed E-state index contributed by atoms with van der Waals surface area (Å²) < 4.78 is 22.8. The number of ether oxygens (including phenoxy) is 1. The number of halogens is 1. The number of thiophene rings is 1. The third kappa shape index (κ3) is 4.15. The fraction of sp³-hybridized carbons (Fsp3) is 0.200. The number of nitrogens with zero attached hydrogens (tertiary/aromatic N) is 5. The summed E-state index contributed by atoms with van der Waals surface area (Å²) in [7, 11) is 4.06. The molecule has 29 heavy (non-hydrogen) atoms. The maximum absolute atomic E-state index is 14.2. The van der Waals surface area contributed by atoms with Gasteiger partial charge in [-0.1, -0.05) is 0 Å². The normalized spacial score (nSPS) is 11.3. The SMILES string of the molecule is CN(C)CCn1cnc(-c2cc3nccc(Oc4ccc(N=O)cc4F)c3s2)c1. The molecular weight excluding hydrogens is 393 g/mol. The van der Waals surface area contributed by atoms with Gasteiger partial charge in [-0.05, 0) is 37.5 Å². The number of nitroso groups, excluding NO2 is 1. The monoisotopic (exact) mass is 411 g/mol. The molecule has 0 fully saturated rings.